The topological polar surface area (TPSA) is 98.0 Å². The molecule has 0 fully saturated rings. The molecular formula is C19H19NO6. The van der Waals surface area contributed by atoms with Crippen LogP contribution in [0.15, 0.2) is 34.3 Å². The van der Waals surface area contributed by atoms with E-state index >= 15 is 0 Å². The van der Waals surface area contributed by atoms with E-state index in [2.05, 4.69) is 5.32 Å². The Morgan fingerprint density at radius 1 is 1.31 bits per heavy atom. The summed E-state index contributed by atoms with van der Waals surface area (Å²) in [7, 11) is 0. The van der Waals surface area contributed by atoms with Crippen molar-refractivity contribution in [3.63, 3.8) is 0 Å². The normalized spacial score (nSPS) is 12.6. The first-order valence-corrected chi connectivity index (χ1v) is 8.19. The molecule has 0 saturated heterocycles. The first-order valence-electron chi connectivity index (χ1n) is 8.19. The Hall–Kier alpha value is -3.22. The highest BCUT2D eigenvalue weighted by Gasteiger charge is 2.19. The van der Waals surface area contributed by atoms with Crippen molar-refractivity contribution in [2.45, 2.75) is 20.4 Å². The summed E-state index contributed by atoms with van der Waals surface area (Å²) in [5, 5.41) is 11.7. The van der Waals surface area contributed by atoms with Crippen LogP contribution < -0.4 is 14.8 Å². The third-order valence-corrected chi connectivity index (χ3v) is 3.92. The number of carboxylic acids is 1. The van der Waals surface area contributed by atoms with Gasteiger partial charge in [0.05, 0.1) is 18.7 Å². The number of furan rings is 1. The van der Waals surface area contributed by atoms with Gasteiger partial charge in [0, 0.05) is 5.56 Å². The molecule has 3 rings (SSSR count). The van der Waals surface area contributed by atoms with Crippen molar-refractivity contribution in [1.82, 2.24) is 5.32 Å². The first kappa shape index (κ1) is 17.6. The molecule has 0 bridgehead atoms. The minimum absolute atomic E-state index is 0.0897. The van der Waals surface area contributed by atoms with Gasteiger partial charge in [0.1, 0.15) is 35.2 Å². The van der Waals surface area contributed by atoms with Crippen molar-refractivity contribution in [3.05, 3.63) is 52.5 Å². The van der Waals surface area contributed by atoms with Crippen LogP contribution >= 0.6 is 0 Å². The predicted molar refractivity (Wildman–Crippen MR) is 93.3 cm³/mol. The van der Waals surface area contributed by atoms with Crippen LogP contribution in [0.2, 0.25) is 0 Å². The highest BCUT2D eigenvalue weighted by atomic mass is 16.5. The summed E-state index contributed by atoms with van der Waals surface area (Å²) < 4.78 is 16.4. The van der Waals surface area contributed by atoms with Crippen molar-refractivity contribution >= 4 is 18.0 Å². The fraction of sp³-hybridized carbons (Fsp3) is 0.263. The van der Waals surface area contributed by atoms with Gasteiger partial charge in [-0.15, -0.1) is 0 Å². The van der Waals surface area contributed by atoms with Crippen molar-refractivity contribution in [2.75, 3.05) is 13.2 Å². The van der Waals surface area contributed by atoms with E-state index in [4.69, 9.17) is 19.0 Å². The fourth-order valence-corrected chi connectivity index (χ4v) is 2.67. The van der Waals surface area contributed by atoms with E-state index in [0.717, 1.165) is 5.56 Å². The number of carbonyl (C=O) groups is 2. The van der Waals surface area contributed by atoms with Crippen LogP contribution in [0.5, 0.6) is 11.5 Å². The number of hydrogen-bond donors (Lipinski definition) is 2. The monoisotopic (exact) mass is 357 g/mol. The summed E-state index contributed by atoms with van der Waals surface area (Å²) >= 11 is 0. The van der Waals surface area contributed by atoms with Crippen LogP contribution in [-0.2, 0) is 11.3 Å². The van der Waals surface area contributed by atoms with E-state index in [9.17, 15) is 9.59 Å². The average Bonchev–Trinajstić information content (AvgIpc) is 3.00. The number of nitrogens with one attached hydrogen (secondary N) is 1. The largest absolute Gasteiger partial charge is 0.494 e. The molecule has 1 amide bonds. The highest BCUT2D eigenvalue weighted by Crippen LogP contribution is 2.30. The maximum Gasteiger partial charge on any atom is 0.339 e. The number of hydrogen-bond acceptors (Lipinski definition) is 5. The number of carbonyl (C=O) groups excluding carboxylic acids is 1. The molecule has 1 aliphatic rings. The molecule has 2 aromatic rings. The Kier molecular flexibility index (Phi) is 4.97. The molecule has 7 heteroatoms. The lowest BCUT2D eigenvalue weighted by Gasteiger charge is -2.18. The molecular weight excluding hydrogens is 338 g/mol. The standard InChI is InChI=1S/C19H19NO6/c1-3-24-14-4-5-17-12(7-14)6-13(10-25-17)18(21)20-9-15-8-16(19(22)23)11(2)26-15/h4-8H,3,9-10H2,1-2H3,(H,20,21)(H,22,23). The highest BCUT2D eigenvalue weighted by molar-refractivity contribution is 5.99. The van der Waals surface area contributed by atoms with Crippen molar-refractivity contribution in [1.29, 1.82) is 0 Å². The van der Waals surface area contributed by atoms with E-state index in [1.54, 1.807) is 13.0 Å². The molecule has 0 radical (unpaired) electrons. The minimum atomic E-state index is -1.06. The summed E-state index contributed by atoms with van der Waals surface area (Å²) in [5.41, 5.74) is 1.33. The van der Waals surface area contributed by atoms with Crippen LogP contribution in [0.1, 0.15) is 34.4 Å². The number of rotatable bonds is 6. The van der Waals surface area contributed by atoms with Gasteiger partial charge in [0.25, 0.3) is 5.91 Å². The van der Waals surface area contributed by atoms with Crippen molar-refractivity contribution < 1.29 is 28.6 Å². The Morgan fingerprint density at radius 3 is 2.81 bits per heavy atom. The summed E-state index contributed by atoms with van der Waals surface area (Å²) in [5.74, 6) is 0.721. The Balaban J connectivity index is 1.69. The molecule has 0 saturated carbocycles. The van der Waals surface area contributed by atoms with Gasteiger partial charge in [-0.1, -0.05) is 0 Å². The number of benzene rings is 1. The van der Waals surface area contributed by atoms with E-state index in [1.807, 2.05) is 25.1 Å². The molecule has 0 unspecified atom stereocenters. The number of fused-ring (bicyclic) bond motifs is 1. The summed E-state index contributed by atoms with van der Waals surface area (Å²) in [6, 6.07) is 6.86. The minimum Gasteiger partial charge on any atom is -0.494 e. The number of aromatic carboxylic acids is 1. The number of carboxylic acid groups (broad SMARTS) is 1. The molecule has 0 atom stereocenters. The third-order valence-electron chi connectivity index (χ3n) is 3.92. The molecule has 0 spiro atoms. The Bertz CT molecular complexity index is 880. The van der Waals surface area contributed by atoms with Gasteiger partial charge in [0.15, 0.2) is 0 Å². The Labute approximate surface area is 150 Å². The van der Waals surface area contributed by atoms with E-state index in [0.29, 0.717) is 35.2 Å². The molecule has 0 aliphatic carbocycles. The predicted octanol–water partition coefficient (Wildman–Crippen LogP) is 2.78. The zero-order valence-electron chi connectivity index (χ0n) is 14.5. The smallest absolute Gasteiger partial charge is 0.339 e. The van der Waals surface area contributed by atoms with E-state index in [1.165, 1.54) is 6.07 Å². The SMILES string of the molecule is CCOc1ccc2c(c1)C=C(C(=O)NCc1cc(C(=O)O)c(C)o1)CO2. The quantitative estimate of drug-likeness (QED) is 0.825. The van der Waals surface area contributed by atoms with Gasteiger partial charge in [-0.3, -0.25) is 4.79 Å². The second-order valence-electron chi connectivity index (χ2n) is 5.76. The molecule has 1 aliphatic heterocycles. The molecule has 1 aromatic heterocycles. The Morgan fingerprint density at radius 2 is 2.12 bits per heavy atom. The first-order chi connectivity index (χ1) is 12.5. The molecule has 2 heterocycles. The molecule has 26 heavy (non-hydrogen) atoms. The average molecular weight is 357 g/mol. The van der Waals surface area contributed by atoms with Crippen molar-refractivity contribution in [3.8, 4) is 11.5 Å². The van der Waals surface area contributed by atoms with Crippen LogP contribution in [-0.4, -0.2) is 30.2 Å². The molecule has 2 N–H and O–H groups in total. The fourth-order valence-electron chi connectivity index (χ4n) is 2.67. The number of ether oxygens (including phenoxy) is 2. The number of aryl methyl sites for hydroxylation is 1. The van der Waals surface area contributed by atoms with Gasteiger partial charge in [-0.05, 0) is 44.2 Å². The van der Waals surface area contributed by atoms with Crippen LogP contribution in [0.25, 0.3) is 6.08 Å². The third kappa shape index (κ3) is 3.72. The summed E-state index contributed by atoms with van der Waals surface area (Å²) in [4.78, 5) is 23.4. The van der Waals surface area contributed by atoms with Gasteiger partial charge < -0.3 is 24.3 Å². The summed E-state index contributed by atoms with van der Waals surface area (Å²) in [6.45, 7) is 4.27. The second kappa shape index (κ2) is 7.35. The van der Waals surface area contributed by atoms with E-state index in [-0.39, 0.29) is 24.6 Å². The van der Waals surface area contributed by atoms with E-state index < -0.39 is 5.97 Å². The molecule has 136 valence electrons. The second-order valence-corrected chi connectivity index (χ2v) is 5.76. The lowest BCUT2D eigenvalue weighted by molar-refractivity contribution is -0.118. The van der Waals surface area contributed by atoms with Crippen LogP contribution in [0.4, 0.5) is 0 Å². The lowest BCUT2D eigenvalue weighted by Crippen LogP contribution is -2.28. The molecule has 1 aromatic carbocycles. The van der Waals surface area contributed by atoms with Gasteiger partial charge in [-0.25, -0.2) is 4.79 Å². The van der Waals surface area contributed by atoms with Gasteiger partial charge in [0.2, 0.25) is 0 Å². The summed E-state index contributed by atoms with van der Waals surface area (Å²) in [6.07, 6.45) is 1.76. The molecule has 7 nitrogen and oxygen atoms in total. The van der Waals surface area contributed by atoms with Gasteiger partial charge in [-0.2, -0.15) is 0 Å². The zero-order chi connectivity index (χ0) is 18.7. The van der Waals surface area contributed by atoms with Gasteiger partial charge >= 0.3 is 5.97 Å². The zero-order valence-corrected chi connectivity index (χ0v) is 14.5. The van der Waals surface area contributed by atoms with Crippen LogP contribution in [0.3, 0.4) is 0 Å². The lowest BCUT2D eigenvalue weighted by atomic mass is 10.1. The maximum atomic E-state index is 12.4. The maximum absolute atomic E-state index is 12.4. The number of amides is 1. The van der Waals surface area contributed by atoms with Crippen LogP contribution in [0, 0.1) is 6.92 Å². The van der Waals surface area contributed by atoms with Crippen molar-refractivity contribution in [2.24, 2.45) is 0 Å².